The Kier molecular flexibility index (Phi) is 3.89. The van der Waals surface area contributed by atoms with Crippen LogP contribution in [0.5, 0.6) is 0 Å². The Labute approximate surface area is 86.2 Å². The maximum absolute atomic E-state index is 10.9. The minimum atomic E-state index is -2.52. The molecule has 0 aromatic heterocycles. The quantitative estimate of drug-likeness (QED) is 0.775. The topological polar surface area (TPSA) is 34.1 Å². The van der Waals surface area contributed by atoms with Crippen LogP contribution in [0.4, 0.5) is 0 Å². The summed E-state index contributed by atoms with van der Waals surface area (Å²) in [5.41, 5.74) is 1.65. The van der Waals surface area contributed by atoms with Crippen molar-refractivity contribution in [1.29, 1.82) is 0 Å². The van der Waals surface area contributed by atoms with Crippen LogP contribution in [0.3, 0.4) is 0 Å². The van der Waals surface area contributed by atoms with Gasteiger partial charge in [-0.05, 0) is 23.6 Å². The molecule has 1 aromatic carbocycles. The van der Waals surface area contributed by atoms with Crippen molar-refractivity contribution in [2.24, 2.45) is 0 Å². The van der Waals surface area contributed by atoms with Crippen LogP contribution in [-0.4, -0.2) is 8.42 Å². The lowest BCUT2D eigenvalue weighted by Gasteiger charge is -2.06. The van der Waals surface area contributed by atoms with Crippen molar-refractivity contribution in [2.45, 2.75) is 24.7 Å². The molecule has 1 aromatic rings. The number of hydrogen-bond acceptors (Lipinski definition) is 2. The molecule has 0 radical (unpaired) electrons. The maximum Gasteiger partial charge on any atom is 0.168 e. The van der Waals surface area contributed by atoms with Gasteiger partial charge in [0.05, 0.1) is 4.90 Å². The predicted molar refractivity (Wildman–Crippen MR) is 59.0 cm³/mol. The molecule has 0 amide bonds. The molecular weight excluding hydrogens is 196 g/mol. The van der Waals surface area contributed by atoms with Gasteiger partial charge in [-0.1, -0.05) is 38.1 Å². The zero-order valence-corrected chi connectivity index (χ0v) is 9.09. The first kappa shape index (κ1) is 11.0. The van der Waals surface area contributed by atoms with Gasteiger partial charge in [0.1, 0.15) is 0 Å². The lowest BCUT2D eigenvalue weighted by molar-refractivity contribution is 0.614. The van der Waals surface area contributed by atoms with E-state index in [1.54, 1.807) is 18.2 Å². The molecule has 2 nitrogen and oxygen atoms in total. The number of hydrogen-bond donors (Lipinski definition) is 1. The first-order chi connectivity index (χ1) is 6.66. The number of thiol groups is 1. The van der Waals surface area contributed by atoms with Crippen molar-refractivity contribution in [3.8, 4) is 0 Å². The van der Waals surface area contributed by atoms with E-state index in [4.69, 9.17) is 0 Å². The standard InChI is InChI=1S/C11H14O2S/c1-3-6-9(2)10-7-4-5-8-11(10)14(12)13/h4-5,7-8,14H,2-3,6H2,1H3. The van der Waals surface area contributed by atoms with Gasteiger partial charge < -0.3 is 0 Å². The van der Waals surface area contributed by atoms with Crippen LogP contribution in [0.15, 0.2) is 35.7 Å². The fraction of sp³-hybridized carbons (Fsp3) is 0.273. The van der Waals surface area contributed by atoms with E-state index in [1.165, 1.54) is 0 Å². The zero-order chi connectivity index (χ0) is 10.6. The zero-order valence-electron chi connectivity index (χ0n) is 8.19. The Morgan fingerprint density at radius 1 is 1.36 bits per heavy atom. The molecule has 0 N–H and O–H groups in total. The summed E-state index contributed by atoms with van der Waals surface area (Å²) in [6.45, 7) is 5.94. The third-order valence-corrected chi connectivity index (χ3v) is 2.82. The summed E-state index contributed by atoms with van der Waals surface area (Å²) in [5, 5.41) is 0. The molecule has 0 fully saturated rings. The molecule has 0 aliphatic heterocycles. The fourth-order valence-electron chi connectivity index (χ4n) is 1.37. The largest absolute Gasteiger partial charge is 0.227 e. The average Bonchev–Trinajstić information content (AvgIpc) is 2.18. The average molecular weight is 210 g/mol. The van der Waals surface area contributed by atoms with Gasteiger partial charge in [0, 0.05) is 0 Å². The molecule has 0 saturated heterocycles. The molecule has 14 heavy (non-hydrogen) atoms. The third-order valence-electron chi connectivity index (χ3n) is 2.03. The predicted octanol–water partition coefficient (Wildman–Crippen LogP) is 2.47. The summed E-state index contributed by atoms with van der Waals surface area (Å²) < 4.78 is 21.9. The lowest BCUT2D eigenvalue weighted by atomic mass is 10.0. The summed E-state index contributed by atoms with van der Waals surface area (Å²) in [5.74, 6) is 0. The van der Waals surface area contributed by atoms with E-state index in [9.17, 15) is 8.42 Å². The van der Waals surface area contributed by atoms with Gasteiger partial charge in [0.15, 0.2) is 10.7 Å². The second-order valence-electron chi connectivity index (χ2n) is 3.13. The Morgan fingerprint density at radius 2 is 2.00 bits per heavy atom. The van der Waals surface area contributed by atoms with Gasteiger partial charge in [-0.2, -0.15) is 0 Å². The van der Waals surface area contributed by atoms with Crippen LogP contribution in [0.2, 0.25) is 0 Å². The third kappa shape index (κ3) is 2.45. The summed E-state index contributed by atoms with van der Waals surface area (Å²) in [7, 11) is -2.52. The molecule has 3 heteroatoms. The van der Waals surface area contributed by atoms with E-state index >= 15 is 0 Å². The van der Waals surface area contributed by atoms with E-state index in [1.807, 2.05) is 13.0 Å². The van der Waals surface area contributed by atoms with Crippen LogP contribution in [0.25, 0.3) is 5.57 Å². The molecule has 0 saturated carbocycles. The minimum Gasteiger partial charge on any atom is -0.227 e. The molecule has 0 atom stereocenters. The van der Waals surface area contributed by atoms with Crippen molar-refractivity contribution < 1.29 is 8.42 Å². The van der Waals surface area contributed by atoms with Gasteiger partial charge >= 0.3 is 0 Å². The summed E-state index contributed by atoms with van der Waals surface area (Å²) in [6.07, 6.45) is 1.81. The highest BCUT2D eigenvalue weighted by Crippen LogP contribution is 2.22. The van der Waals surface area contributed by atoms with Crippen LogP contribution in [0.1, 0.15) is 25.3 Å². The molecule has 1 rings (SSSR count). The monoisotopic (exact) mass is 210 g/mol. The molecule has 0 unspecified atom stereocenters. The second-order valence-corrected chi connectivity index (χ2v) is 4.12. The van der Waals surface area contributed by atoms with Gasteiger partial charge in [-0.3, -0.25) is 0 Å². The summed E-state index contributed by atoms with van der Waals surface area (Å²) in [4.78, 5) is 0.376. The molecule has 0 heterocycles. The first-order valence-electron chi connectivity index (χ1n) is 4.58. The Morgan fingerprint density at radius 3 is 2.57 bits per heavy atom. The van der Waals surface area contributed by atoms with Crippen LogP contribution < -0.4 is 0 Å². The van der Waals surface area contributed by atoms with Crippen molar-refractivity contribution >= 4 is 16.3 Å². The van der Waals surface area contributed by atoms with E-state index < -0.39 is 10.7 Å². The van der Waals surface area contributed by atoms with Crippen LogP contribution >= 0.6 is 0 Å². The highest BCUT2D eigenvalue weighted by molar-refractivity contribution is 7.72. The van der Waals surface area contributed by atoms with Crippen LogP contribution in [-0.2, 0) is 10.7 Å². The maximum atomic E-state index is 10.9. The highest BCUT2D eigenvalue weighted by Gasteiger charge is 2.05. The molecule has 0 aliphatic carbocycles. The van der Waals surface area contributed by atoms with Gasteiger partial charge in [-0.15, -0.1) is 0 Å². The number of benzene rings is 1. The number of rotatable bonds is 4. The number of allylic oxidation sites excluding steroid dienone is 1. The lowest BCUT2D eigenvalue weighted by Crippen LogP contribution is -1.90. The highest BCUT2D eigenvalue weighted by atomic mass is 32.2. The Balaban J connectivity index is 3.13. The van der Waals surface area contributed by atoms with E-state index in [2.05, 4.69) is 6.58 Å². The normalized spacial score (nSPS) is 10.4. The second kappa shape index (κ2) is 4.96. The van der Waals surface area contributed by atoms with E-state index in [-0.39, 0.29) is 0 Å². The van der Waals surface area contributed by atoms with Gasteiger partial charge in [0.2, 0.25) is 0 Å². The first-order valence-corrected chi connectivity index (χ1v) is 5.76. The van der Waals surface area contributed by atoms with Gasteiger partial charge in [0.25, 0.3) is 0 Å². The molecule has 0 spiro atoms. The Hall–Kier alpha value is -1.09. The SMILES string of the molecule is C=C(CCC)c1ccccc1[SH](=O)=O. The summed E-state index contributed by atoms with van der Waals surface area (Å²) in [6, 6.07) is 6.97. The van der Waals surface area contributed by atoms with E-state index in [0.29, 0.717) is 4.90 Å². The van der Waals surface area contributed by atoms with Crippen molar-refractivity contribution in [1.82, 2.24) is 0 Å². The van der Waals surface area contributed by atoms with Gasteiger partial charge in [-0.25, -0.2) is 8.42 Å². The molecule has 0 aliphatic rings. The summed E-state index contributed by atoms with van der Waals surface area (Å²) >= 11 is 0. The fourth-order valence-corrected chi connectivity index (χ4v) is 2.01. The molecule has 0 bridgehead atoms. The van der Waals surface area contributed by atoms with Crippen molar-refractivity contribution in [3.05, 3.63) is 36.4 Å². The van der Waals surface area contributed by atoms with Crippen LogP contribution in [0, 0.1) is 0 Å². The van der Waals surface area contributed by atoms with Crippen molar-refractivity contribution in [2.75, 3.05) is 0 Å². The molecular formula is C11H14O2S. The molecule has 76 valence electrons. The van der Waals surface area contributed by atoms with E-state index in [0.717, 1.165) is 24.0 Å². The van der Waals surface area contributed by atoms with Crippen molar-refractivity contribution in [3.63, 3.8) is 0 Å². The minimum absolute atomic E-state index is 0.376. The smallest absolute Gasteiger partial charge is 0.168 e. The Bertz CT molecular complexity index is 398.